The van der Waals surface area contributed by atoms with Gasteiger partial charge in [-0.15, -0.1) is 0 Å². The van der Waals surface area contributed by atoms with Gasteiger partial charge in [0.15, 0.2) is 5.82 Å². The minimum absolute atomic E-state index is 0.208. The molecule has 8 heteroatoms. The summed E-state index contributed by atoms with van der Waals surface area (Å²) in [6.07, 6.45) is 1.65. The Morgan fingerprint density at radius 2 is 1.81 bits per heavy atom. The highest BCUT2D eigenvalue weighted by molar-refractivity contribution is 14.1. The number of methoxy groups -OCH3 is 1. The van der Waals surface area contributed by atoms with Crippen LogP contribution >= 0.6 is 22.6 Å². The third kappa shape index (κ3) is 5.92. The van der Waals surface area contributed by atoms with Gasteiger partial charge in [-0.05, 0) is 101 Å². The summed E-state index contributed by atoms with van der Waals surface area (Å²) < 4.78 is 13.9. The van der Waals surface area contributed by atoms with Crippen LogP contribution in [0.15, 0.2) is 88.8 Å². The number of para-hydroxylation sites is 1. The molecule has 0 saturated heterocycles. The van der Waals surface area contributed by atoms with Crippen molar-refractivity contribution in [3.8, 4) is 29.0 Å². The van der Waals surface area contributed by atoms with Crippen molar-refractivity contribution < 1.29 is 9.47 Å². The van der Waals surface area contributed by atoms with Crippen LogP contribution in [0.5, 0.6) is 11.5 Å². The number of aryl methyl sites for hydroxylation is 1. The van der Waals surface area contributed by atoms with E-state index in [-0.39, 0.29) is 18.1 Å². The fourth-order valence-corrected chi connectivity index (χ4v) is 5.42. The molecule has 0 atom stereocenters. The first kappa shape index (κ1) is 29.0. The van der Waals surface area contributed by atoms with Gasteiger partial charge in [-0.2, -0.15) is 15.0 Å². The van der Waals surface area contributed by atoms with E-state index in [1.54, 1.807) is 25.5 Å². The molecule has 0 bridgehead atoms. The van der Waals surface area contributed by atoms with Gasteiger partial charge in [0.05, 0.1) is 39.4 Å². The third-order valence-corrected chi connectivity index (χ3v) is 7.84. The van der Waals surface area contributed by atoms with Crippen LogP contribution in [0.3, 0.4) is 0 Å². The quantitative estimate of drug-likeness (QED) is 0.127. The summed E-state index contributed by atoms with van der Waals surface area (Å²) in [5.41, 5.74) is 5.34. The molecule has 1 aromatic heterocycles. The van der Waals surface area contributed by atoms with Crippen molar-refractivity contribution in [1.82, 2.24) is 9.66 Å². The highest BCUT2D eigenvalue weighted by atomic mass is 127. The van der Waals surface area contributed by atoms with Gasteiger partial charge >= 0.3 is 0 Å². The number of hydrogen-bond acceptors (Lipinski definition) is 6. The smallest absolute Gasteiger partial charge is 0.282 e. The first-order valence-corrected chi connectivity index (χ1v) is 14.5. The van der Waals surface area contributed by atoms with Gasteiger partial charge in [0.2, 0.25) is 0 Å². The number of ether oxygens (including phenoxy) is 2. The lowest BCUT2D eigenvalue weighted by atomic mass is 9.96. The second kappa shape index (κ2) is 12.6. The zero-order valence-electron chi connectivity index (χ0n) is 23.8. The van der Waals surface area contributed by atoms with Gasteiger partial charge in [-0.1, -0.05) is 44.2 Å². The Kier molecular flexibility index (Phi) is 8.69. The Bertz CT molecular complexity index is 1920. The summed E-state index contributed by atoms with van der Waals surface area (Å²) in [6.45, 7) is 6.47. The number of nitriles is 1. The van der Waals surface area contributed by atoms with Crippen LogP contribution in [-0.4, -0.2) is 23.0 Å². The predicted octanol–water partition coefficient (Wildman–Crippen LogP) is 7.44. The van der Waals surface area contributed by atoms with Gasteiger partial charge < -0.3 is 9.47 Å². The molecule has 5 rings (SSSR count). The van der Waals surface area contributed by atoms with Gasteiger partial charge in [-0.3, -0.25) is 4.79 Å². The lowest BCUT2D eigenvalue weighted by Crippen LogP contribution is -2.20. The first-order valence-electron chi connectivity index (χ1n) is 13.5. The standard InChI is InChI=1S/C34H29IN4O3/c1-21(2)27-17-28(22(3)15-32(27)41-4)33-38-30-12-8-7-11-26(30)34(40)39(33)37-19-23-13-14-31(29(35)16-23)42-20-25-10-6-5-9-24(25)18-36/h5-17,19,21H,20H2,1-4H3. The number of hydrogen-bond donors (Lipinski definition) is 0. The van der Waals surface area contributed by atoms with E-state index in [1.165, 1.54) is 4.68 Å². The topological polar surface area (TPSA) is 89.5 Å². The highest BCUT2D eigenvalue weighted by Crippen LogP contribution is 2.34. The Morgan fingerprint density at radius 3 is 2.55 bits per heavy atom. The summed E-state index contributed by atoms with van der Waals surface area (Å²) >= 11 is 2.21. The average Bonchev–Trinajstić information content (AvgIpc) is 3.00. The molecule has 1 heterocycles. The minimum Gasteiger partial charge on any atom is -0.496 e. The molecule has 0 spiro atoms. The van der Waals surface area contributed by atoms with Crippen LogP contribution in [0.2, 0.25) is 0 Å². The summed E-state index contributed by atoms with van der Waals surface area (Å²) in [6, 6.07) is 26.6. The summed E-state index contributed by atoms with van der Waals surface area (Å²) in [4.78, 5) is 18.6. The number of rotatable bonds is 8. The molecular formula is C34H29IN4O3. The molecule has 4 aromatic carbocycles. The highest BCUT2D eigenvalue weighted by Gasteiger charge is 2.18. The zero-order valence-corrected chi connectivity index (χ0v) is 25.9. The maximum Gasteiger partial charge on any atom is 0.282 e. The van der Waals surface area contributed by atoms with E-state index in [1.807, 2.05) is 73.7 Å². The fourth-order valence-electron chi connectivity index (χ4n) is 4.72. The molecule has 0 aliphatic carbocycles. The van der Waals surface area contributed by atoms with Crippen LogP contribution in [0.25, 0.3) is 22.3 Å². The van der Waals surface area contributed by atoms with Crippen molar-refractivity contribution in [2.45, 2.75) is 33.3 Å². The number of fused-ring (bicyclic) bond motifs is 1. The molecule has 7 nitrogen and oxygen atoms in total. The van der Waals surface area contributed by atoms with Gasteiger partial charge in [0.1, 0.15) is 18.1 Å². The van der Waals surface area contributed by atoms with E-state index in [0.29, 0.717) is 28.0 Å². The zero-order chi connectivity index (χ0) is 29.8. The van der Waals surface area contributed by atoms with Gasteiger partial charge in [0.25, 0.3) is 5.56 Å². The second-order valence-corrected chi connectivity index (χ2v) is 11.3. The van der Waals surface area contributed by atoms with Gasteiger partial charge in [-0.25, -0.2) is 4.98 Å². The van der Waals surface area contributed by atoms with E-state index in [2.05, 4.69) is 47.6 Å². The Hall–Kier alpha value is -4.49. The maximum absolute atomic E-state index is 13.7. The van der Waals surface area contributed by atoms with Crippen LogP contribution in [0, 0.1) is 21.8 Å². The van der Waals surface area contributed by atoms with E-state index in [9.17, 15) is 10.1 Å². The summed E-state index contributed by atoms with van der Waals surface area (Å²) in [7, 11) is 1.66. The Balaban J connectivity index is 1.53. The minimum atomic E-state index is -0.251. The van der Waals surface area contributed by atoms with E-state index < -0.39 is 0 Å². The number of halogens is 1. The molecule has 0 amide bonds. The van der Waals surface area contributed by atoms with E-state index in [0.717, 1.165) is 37.1 Å². The first-order chi connectivity index (χ1) is 20.3. The molecule has 0 saturated carbocycles. The number of benzene rings is 4. The molecular weight excluding hydrogens is 639 g/mol. The molecule has 0 N–H and O–H groups in total. The van der Waals surface area contributed by atoms with E-state index >= 15 is 0 Å². The van der Waals surface area contributed by atoms with Crippen molar-refractivity contribution >= 4 is 39.7 Å². The fraction of sp³-hybridized carbons (Fsp3) is 0.176. The number of nitrogens with zero attached hydrogens (tertiary/aromatic N) is 4. The number of aromatic nitrogens is 2. The monoisotopic (exact) mass is 668 g/mol. The molecule has 210 valence electrons. The summed E-state index contributed by atoms with van der Waals surface area (Å²) in [5, 5.41) is 14.5. The lowest BCUT2D eigenvalue weighted by molar-refractivity contribution is 0.303. The SMILES string of the molecule is COc1cc(C)c(-c2nc3ccccc3c(=O)n2N=Cc2ccc(OCc3ccccc3C#N)c(I)c2)cc1C(C)C. The van der Waals surface area contributed by atoms with E-state index in [4.69, 9.17) is 14.5 Å². The average molecular weight is 669 g/mol. The Labute approximate surface area is 258 Å². The van der Waals surface area contributed by atoms with Crippen LogP contribution < -0.4 is 15.0 Å². The van der Waals surface area contributed by atoms with Crippen molar-refractivity contribution in [2.75, 3.05) is 7.11 Å². The van der Waals surface area contributed by atoms with Crippen molar-refractivity contribution in [3.05, 3.63) is 121 Å². The normalized spacial score (nSPS) is 11.3. The molecule has 0 aliphatic rings. The third-order valence-electron chi connectivity index (χ3n) is 6.99. The predicted molar refractivity (Wildman–Crippen MR) is 174 cm³/mol. The van der Waals surface area contributed by atoms with Crippen molar-refractivity contribution in [1.29, 1.82) is 5.26 Å². The van der Waals surface area contributed by atoms with Crippen molar-refractivity contribution in [3.63, 3.8) is 0 Å². The van der Waals surface area contributed by atoms with Crippen LogP contribution in [0.1, 0.15) is 47.6 Å². The molecule has 5 aromatic rings. The molecule has 0 aliphatic heterocycles. The molecule has 42 heavy (non-hydrogen) atoms. The van der Waals surface area contributed by atoms with Crippen LogP contribution in [-0.2, 0) is 6.61 Å². The molecule has 0 fully saturated rings. The van der Waals surface area contributed by atoms with Gasteiger partial charge in [0, 0.05) is 11.1 Å². The molecule has 0 unspecified atom stereocenters. The Morgan fingerprint density at radius 1 is 1.05 bits per heavy atom. The summed E-state index contributed by atoms with van der Waals surface area (Å²) in [5.74, 6) is 2.17. The van der Waals surface area contributed by atoms with Crippen LogP contribution in [0.4, 0.5) is 0 Å². The van der Waals surface area contributed by atoms with Crippen molar-refractivity contribution in [2.24, 2.45) is 5.10 Å². The maximum atomic E-state index is 13.7. The molecule has 0 radical (unpaired) electrons. The largest absolute Gasteiger partial charge is 0.496 e. The second-order valence-electron chi connectivity index (χ2n) is 10.1. The lowest BCUT2D eigenvalue weighted by Gasteiger charge is -2.17.